The Morgan fingerprint density at radius 1 is 1.44 bits per heavy atom. The fourth-order valence-electron chi connectivity index (χ4n) is 1.82. The maximum absolute atomic E-state index is 12.0. The van der Waals surface area contributed by atoms with Crippen molar-refractivity contribution in [1.29, 1.82) is 0 Å². The number of rotatable bonds is 5. The fraction of sp³-hybridized carbons (Fsp3) is 1.00. The van der Waals surface area contributed by atoms with Gasteiger partial charge in [0, 0.05) is 32.7 Å². The highest BCUT2D eigenvalue weighted by Crippen LogP contribution is 2.11. The zero-order valence-electron chi connectivity index (χ0n) is 10.0. The van der Waals surface area contributed by atoms with Gasteiger partial charge in [-0.2, -0.15) is 12.7 Å². The average molecular weight is 250 g/mol. The third-order valence-electron chi connectivity index (χ3n) is 2.75. The molecule has 7 heteroatoms. The summed E-state index contributed by atoms with van der Waals surface area (Å²) in [5, 5.41) is 0. The number of nitrogens with two attached hydrogens (primary N) is 1. The summed E-state index contributed by atoms with van der Waals surface area (Å²) in [6.07, 6.45) is 0.792. The summed E-state index contributed by atoms with van der Waals surface area (Å²) >= 11 is 0. The van der Waals surface area contributed by atoms with Crippen LogP contribution >= 0.6 is 0 Å². The molecule has 1 atom stereocenters. The van der Waals surface area contributed by atoms with Crippen LogP contribution < -0.4 is 10.5 Å². The van der Waals surface area contributed by atoms with Gasteiger partial charge in [0.05, 0.1) is 6.04 Å². The van der Waals surface area contributed by atoms with E-state index in [0.29, 0.717) is 26.2 Å². The molecule has 0 bridgehead atoms. The Labute approximate surface area is 98.0 Å². The minimum Gasteiger partial charge on any atom is -0.329 e. The molecule has 0 saturated carbocycles. The molecule has 1 rings (SSSR count). The molecule has 1 aliphatic rings. The summed E-state index contributed by atoms with van der Waals surface area (Å²) in [6, 6.07) is -0.117. The van der Waals surface area contributed by atoms with Crippen LogP contribution in [0.1, 0.15) is 13.3 Å². The molecule has 0 spiro atoms. The molecule has 1 aliphatic heterocycles. The van der Waals surface area contributed by atoms with Gasteiger partial charge in [-0.15, -0.1) is 0 Å². The Balaban J connectivity index is 2.69. The van der Waals surface area contributed by atoms with Crippen molar-refractivity contribution < 1.29 is 8.42 Å². The van der Waals surface area contributed by atoms with Crippen molar-refractivity contribution in [3.63, 3.8) is 0 Å². The highest BCUT2D eigenvalue weighted by Gasteiger charge is 2.32. The third kappa shape index (κ3) is 3.39. The average Bonchev–Trinajstić information content (AvgIpc) is 2.26. The molecule has 0 aromatic rings. The summed E-state index contributed by atoms with van der Waals surface area (Å²) in [6.45, 7) is 4.74. The summed E-state index contributed by atoms with van der Waals surface area (Å²) in [7, 11) is -1.38. The van der Waals surface area contributed by atoms with E-state index in [1.165, 1.54) is 4.31 Å². The number of nitrogens with one attached hydrogen (secondary N) is 1. The first-order valence-corrected chi connectivity index (χ1v) is 7.10. The van der Waals surface area contributed by atoms with Gasteiger partial charge in [-0.3, -0.25) is 0 Å². The van der Waals surface area contributed by atoms with Crippen LogP contribution in [-0.2, 0) is 10.2 Å². The van der Waals surface area contributed by atoms with Crippen LogP contribution in [-0.4, -0.2) is 63.4 Å². The largest absolute Gasteiger partial charge is 0.329 e. The van der Waals surface area contributed by atoms with Gasteiger partial charge in [-0.1, -0.05) is 6.92 Å². The Morgan fingerprint density at radius 3 is 2.69 bits per heavy atom. The normalized spacial score (nSPS) is 24.8. The van der Waals surface area contributed by atoms with Crippen molar-refractivity contribution in [2.24, 2.45) is 5.73 Å². The molecule has 1 fully saturated rings. The van der Waals surface area contributed by atoms with Crippen LogP contribution in [0.15, 0.2) is 0 Å². The molecule has 1 saturated heterocycles. The number of hydrogen-bond donors (Lipinski definition) is 2. The maximum atomic E-state index is 12.0. The van der Waals surface area contributed by atoms with Gasteiger partial charge >= 0.3 is 0 Å². The SMILES string of the molecule is CCCNS(=O)(=O)N1CCN(C)CC1CN. The lowest BCUT2D eigenvalue weighted by molar-refractivity contribution is 0.162. The molecule has 0 aliphatic carbocycles. The van der Waals surface area contributed by atoms with Gasteiger partial charge in [0.1, 0.15) is 0 Å². The van der Waals surface area contributed by atoms with Gasteiger partial charge in [0.15, 0.2) is 0 Å². The van der Waals surface area contributed by atoms with E-state index in [0.717, 1.165) is 13.0 Å². The molecule has 1 unspecified atom stereocenters. The van der Waals surface area contributed by atoms with E-state index >= 15 is 0 Å². The van der Waals surface area contributed by atoms with Crippen molar-refractivity contribution in [3.05, 3.63) is 0 Å². The maximum Gasteiger partial charge on any atom is 0.279 e. The van der Waals surface area contributed by atoms with E-state index in [2.05, 4.69) is 9.62 Å². The lowest BCUT2D eigenvalue weighted by Gasteiger charge is -2.38. The van der Waals surface area contributed by atoms with Gasteiger partial charge in [-0.25, -0.2) is 4.72 Å². The first-order valence-electron chi connectivity index (χ1n) is 5.66. The second-order valence-corrected chi connectivity index (χ2v) is 5.87. The highest BCUT2D eigenvalue weighted by atomic mass is 32.2. The van der Waals surface area contributed by atoms with Crippen LogP contribution in [0, 0.1) is 0 Å². The molecule has 0 aromatic heterocycles. The predicted octanol–water partition coefficient (Wildman–Crippen LogP) is -1.19. The second-order valence-electron chi connectivity index (χ2n) is 4.16. The Bertz CT molecular complexity index is 307. The van der Waals surface area contributed by atoms with E-state index in [4.69, 9.17) is 5.73 Å². The quantitative estimate of drug-likeness (QED) is 0.643. The van der Waals surface area contributed by atoms with E-state index < -0.39 is 10.2 Å². The minimum atomic E-state index is -3.35. The second kappa shape index (κ2) is 5.92. The molecule has 0 amide bonds. The van der Waals surface area contributed by atoms with Crippen LogP contribution in [0.2, 0.25) is 0 Å². The standard InChI is InChI=1S/C9H22N4O2S/c1-3-4-11-16(14,15)13-6-5-12(2)8-9(13)7-10/h9,11H,3-8,10H2,1-2H3. The van der Waals surface area contributed by atoms with Crippen molar-refractivity contribution >= 4 is 10.2 Å². The van der Waals surface area contributed by atoms with Crippen LogP contribution in [0.5, 0.6) is 0 Å². The number of nitrogens with zero attached hydrogens (tertiary/aromatic N) is 2. The van der Waals surface area contributed by atoms with Crippen LogP contribution in [0.25, 0.3) is 0 Å². The summed E-state index contributed by atoms with van der Waals surface area (Å²) < 4.78 is 28.0. The summed E-state index contributed by atoms with van der Waals surface area (Å²) in [4.78, 5) is 2.10. The molecule has 0 radical (unpaired) electrons. The number of piperazine rings is 1. The van der Waals surface area contributed by atoms with Gasteiger partial charge in [0.2, 0.25) is 0 Å². The van der Waals surface area contributed by atoms with Gasteiger partial charge in [-0.05, 0) is 13.5 Å². The predicted molar refractivity (Wildman–Crippen MR) is 64.3 cm³/mol. The lowest BCUT2D eigenvalue weighted by atomic mass is 10.2. The third-order valence-corrected chi connectivity index (χ3v) is 4.41. The first kappa shape index (κ1) is 13.9. The Hall–Kier alpha value is -0.210. The first-order chi connectivity index (χ1) is 7.51. The van der Waals surface area contributed by atoms with Crippen molar-refractivity contribution in [1.82, 2.24) is 13.9 Å². The summed E-state index contributed by atoms with van der Waals surface area (Å²) in [5.41, 5.74) is 5.62. The lowest BCUT2D eigenvalue weighted by Crippen LogP contribution is -2.59. The zero-order valence-corrected chi connectivity index (χ0v) is 10.8. The minimum absolute atomic E-state index is 0.117. The van der Waals surface area contributed by atoms with E-state index in [1.807, 2.05) is 14.0 Å². The van der Waals surface area contributed by atoms with Gasteiger partial charge in [0.25, 0.3) is 10.2 Å². The number of hydrogen-bond acceptors (Lipinski definition) is 4. The molecule has 3 N–H and O–H groups in total. The smallest absolute Gasteiger partial charge is 0.279 e. The molecule has 0 aromatic carbocycles. The molecule has 6 nitrogen and oxygen atoms in total. The molecule has 96 valence electrons. The Kier molecular flexibility index (Phi) is 5.13. The summed E-state index contributed by atoms with van der Waals surface area (Å²) in [5.74, 6) is 0. The van der Waals surface area contributed by atoms with Crippen molar-refractivity contribution in [2.45, 2.75) is 19.4 Å². The molecular weight excluding hydrogens is 228 g/mol. The molecule has 16 heavy (non-hydrogen) atoms. The van der Waals surface area contributed by atoms with Crippen LogP contribution in [0.3, 0.4) is 0 Å². The zero-order chi connectivity index (χ0) is 12.2. The van der Waals surface area contributed by atoms with E-state index in [9.17, 15) is 8.42 Å². The fourth-order valence-corrected chi connectivity index (χ4v) is 3.31. The van der Waals surface area contributed by atoms with E-state index in [-0.39, 0.29) is 6.04 Å². The number of likely N-dealkylation sites (N-methyl/N-ethyl adjacent to an activating group) is 1. The van der Waals surface area contributed by atoms with E-state index in [1.54, 1.807) is 0 Å². The molecule has 1 heterocycles. The van der Waals surface area contributed by atoms with Crippen LogP contribution in [0.4, 0.5) is 0 Å². The topological polar surface area (TPSA) is 78.7 Å². The van der Waals surface area contributed by atoms with Crippen molar-refractivity contribution in [3.8, 4) is 0 Å². The van der Waals surface area contributed by atoms with Crippen molar-refractivity contribution in [2.75, 3.05) is 39.8 Å². The van der Waals surface area contributed by atoms with Gasteiger partial charge < -0.3 is 10.6 Å². The molecular formula is C9H22N4O2S. The highest BCUT2D eigenvalue weighted by molar-refractivity contribution is 7.87. The monoisotopic (exact) mass is 250 g/mol. The Morgan fingerprint density at radius 2 is 2.12 bits per heavy atom.